The zero-order valence-corrected chi connectivity index (χ0v) is 16.7. The molecule has 0 radical (unpaired) electrons. The van der Waals surface area contributed by atoms with Crippen LogP contribution in [0.3, 0.4) is 0 Å². The number of hydrogen-bond donors (Lipinski definition) is 1. The highest BCUT2D eigenvalue weighted by Crippen LogP contribution is 2.31. The minimum absolute atomic E-state index is 0.244. The van der Waals surface area contributed by atoms with Crippen molar-refractivity contribution in [2.75, 3.05) is 19.0 Å². The van der Waals surface area contributed by atoms with Gasteiger partial charge in [-0.25, -0.2) is 4.98 Å². The Labute approximate surface area is 168 Å². The van der Waals surface area contributed by atoms with Crippen LogP contribution in [0.2, 0.25) is 0 Å². The largest absolute Gasteiger partial charge is 0.496 e. The maximum atomic E-state index is 12.3. The van der Waals surface area contributed by atoms with Gasteiger partial charge >= 0.3 is 0 Å². The van der Waals surface area contributed by atoms with Gasteiger partial charge in [-0.3, -0.25) is 10.1 Å². The van der Waals surface area contributed by atoms with Crippen molar-refractivity contribution in [3.8, 4) is 22.8 Å². The van der Waals surface area contributed by atoms with Crippen molar-refractivity contribution in [1.82, 2.24) is 4.98 Å². The lowest BCUT2D eigenvalue weighted by atomic mass is 10.1. The number of carbonyl (C=O) groups is 1. The first kappa shape index (κ1) is 19.6. The molecule has 0 fully saturated rings. The maximum Gasteiger partial charge on any atom is 0.250 e. The molecule has 1 aromatic heterocycles. The van der Waals surface area contributed by atoms with Gasteiger partial charge in [0.25, 0.3) is 0 Å². The lowest BCUT2D eigenvalue weighted by molar-refractivity contribution is -0.111. The fourth-order valence-electron chi connectivity index (χ4n) is 2.59. The number of aromatic nitrogens is 1. The molecule has 0 bridgehead atoms. The van der Waals surface area contributed by atoms with Gasteiger partial charge in [0.2, 0.25) is 5.91 Å². The molecule has 0 spiro atoms. The smallest absolute Gasteiger partial charge is 0.250 e. The second kappa shape index (κ2) is 9.71. The third-order valence-corrected chi connectivity index (χ3v) is 4.67. The van der Waals surface area contributed by atoms with Crippen molar-refractivity contribution >= 4 is 28.5 Å². The third kappa shape index (κ3) is 4.98. The summed E-state index contributed by atoms with van der Waals surface area (Å²) < 4.78 is 11.1. The molecule has 3 aromatic rings. The Balaban J connectivity index is 1.68. The lowest BCUT2D eigenvalue weighted by Gasteiger charge is -2.07. The summed E-state index contributed by atoms with van der Waals surface area (Å²) in [6.07, 6.45) is 4.16. The normalized spacial score (nSPS) is 10.8. The van der Waals surface area contributed by atoms with Gasteiger partial charge in [0.15, 0.2) is 5.13 Å². The lowest BCUT2D eigenvalue weighted by Crippen LogP contribution is -2.07. The fourth-order valence-corrected chi connectivity index (χ4v) is 3.30. The van der Waals surface area contributed by atoms with E-state index >= 15 is 0 Å². The molecular weight excluding hydrogens is 372 g/mol. The van der Waals surface area contributed by atoms with E-state index in [1.165, 1.54) is 17.4 Å². The Bertz CT molecular complexity index is 966. The minimum Gasteiger partial charge on any atom is -0.496 e. The van der Waals surface area contributed by atoms with Crippen LogP contribution >= 0.6 is 11.3 Å². The van der Waals surface area contributed by atoms with Crippen LogP contribution in [0, 0.1) is 0 Å². The quantitative estimate of drug-likeness (QED) is 0.530. The summed E-state index contributed by atoms with van der Waals surface area (Å²) in [7, 11) is 1.63. The average molecular weight is 394 g/mol. The number of nitrogens with one attached hydrogen (secondary N) is 1. The molecule has 3 rings (SSSR count). The molecule has 1 N–H and O–H groups in total. The molecule has 144 valence electrons. The molecule has 0 unspecified atom stereocenters. The Kier molecular flexibility index (Phi) is 6.81. The predicted octanol–water partition coefficient (Wildman–Crippen LogP) is 5.26. The van der Waals surface area contributed by atoms with Gasteiger partial charge in [-0.1, -0.05) is 37.3 Å². The van der Waals surface area contributed by atoms with E-state index < -0.39 is 0 Å². The van der Waals surface area contributed by atoms with Crippen LogP contribution in [0.5, 0.6) is 11.5 Å². The molecule has 5 nitrogen and oxygen atoms in total. The van der Waals surface area contributed by atoms with Crippen molar-refractivity contribution < 1.29 is 14.3 Å². The molecule has 28 heavy (non-hydrogen) atoms. The molecule has 0 aliphatic rings. The van der Waals surface area contributed by atoms with Crippen molar-refractivity contribution in [2.45, 2.75) is 13.3 Å². The van der Waals surface area contributed by atoms with Crippen LogP contribution in [0.4, 0.5) is 5.13 Å². The highest BCUT2D eigenvalue weighted by molar-refractivity contribution is 7.14. The first-order valence-corrected chi connectivity index (χ1v) is 9.89. The maximum absolute atomic E-state index is 12.3. The molecule has 6 heteroatoms. The monoisotopic (exact) mass is 394 g/mol. The van der Waals surface area contributed by atoms with Gasteiger partial charge in [0, 0.05) is 22.6 Å². The number of amides is 1. The number of hydrogen-bond acceptors (Lipinski definition) is 5. The molecule has 2 aromatic carbocycles. The molecule has 0 saturated heterocycles. The number of benzene rings is 2. The van der Waals surface area contributed by atoms with Crippen molar-refractivity contribution in [3.63, 3.8) is 0 Å². The number of thiazole rings is 1. The zero-order chi connectivity index (χ0) is 19.8. The van der Waals surface area contributed by atoms with Crippen LogP contribution in [-0.4, -0.2) is 24.6 Å². The Hall–Kier alpha value is -3.12. The van der Waals surface area contributed by atoms with Gasteiger partial charge in [-0.2, -0.15) is 0 Å². The first-order chi connectivity index (χ1) is 13.7. The standard InChI is InChI=1S/C22H22N2O3S/c1-3-14-27-19-10-6-4-8-16(19)12-13-21(25)24-22-23-18(15-28-22)17-9-5-7-11-20(17)26-2/h4-13,15H,3,14H2,1-2H3,(H,23,24,25)/b13-12+. The van der Waals surface area contributed by atoms with Crippen molar-refractivity contribution in [1.29, 1.82) is 0 Å². The number of methoxy groups -OCH3 is 1. The molecule has 1 heterocycles. The highest BCUT2D eigenvalue weighted by Gasteiger charge is 2.10. The van der Waals surface area contributed by atoms with Crippen LogP contribution in [0.15, 0.2) is 60.0 Å². The van der Waals surface area contributed by atoms with E-state index in [9.17, 15) is 4.79 Å². The fraction of sp³-hybridized carbons (Fsp3) is 0.182. The van der Waals surface area contributed by atoms with E-state index in [0.29, 0.717) is 11.7 Å². The molecule has 0 saturated carbocycles. The van der Waals surface area contributed by atoms with Gasteiger partial charge in [0.05, 0.1) is 19.4 Å². The van der Waals surface area contributed by atoms with Crippen molar-refractivity contribution in [2.24, 2.45) is 0 Å². The second-order valence-corrected chi connectivity index (χ2v) is 6.81. The summed E-state index contributed by atoms with van der Waals surface area (Å²) in [5, 5.41) is 5.23. The molecule has 0 atom stereocenters. The topological polar surface area (TPSA) is 60.5 Å². The number of carbonyl (C=O) groups excluding carboxylic acids is 1. The van der Waals surface area contributed by atoms with E-state index in [4.69, 9.17) is 9.47 Å². The van der Waals surface area contributed by atoms with E-state index in [-0.39, 0.29) is 5.91 Å². The van der Waals surface area contributed by atoms with Gasteiger partial charge in [0.1, 0.15) is 11.5 Å². The third-order valence-electron chi connectivity index (χ3n) is 3.91. The van der Waals surface area contributed by atoms with E-state index in [1.54, 1.807) is 13.2 Å². The second-order valence-electron chi connectivity index (χ2n) is 5.95. The Morgan fingerprint density at radius 2 is 1.89 bits per heavy atom. The summed E-state index contributed by atoms with van der Waals surface area (Å²) in [6.45, 7) is 2.70. The van der Waals surface area contributed by atoms with Gasteiger partial charge in [-0.05, 0) is 30.7 Å². The molecule has 0 aliphatic carbocycles. The zero-order valence-electron chi connectivity index (χ0n) is 15.8. The van der Waals surface area contributed by atoms with Gasteiger partial charge < -0.3 is 9.47 Å². The molecular formula is C22H22N2O3S. The summed E-state index contributed by atoms with van der Waals surface area (Å²) in [4.78, 5) is 16.8. The summed E-state index contributed by atoms with van der Waals surface area (Å²) in [6, 6.07) is 15.3. The number of para-hydroxylation sites is 2. The number of nitrogens with zero attached hydrogens (tertiary/aromatic N) is 1. The van der Waals surface area contributed by atoms with E-state index in [1.807, 2.05) is 53.9 Å². The number of rotatable bonds is 8. The summed E-state index contributed by atoms with van der Waals surface area (Å²) in [5.74, 6) is 1.27. The van der Waals surface area contributed by atoms with Crippen molar-refractivity contribution in [3.05, 3.63) is 65.6 Å². The molecule has 0 aliphatic heterocycles. The van der Waals surface area contributed by atoms with Gasteiger partial charge in [-0.15, -0.1) is 11.3 Å². The average Bonchev–Trinajstić information content (AvgIpc) is 3.19. The minimum atomic E-state index is -0.244. The summed E-state index contributed by atoms with van der Waals surface area (Å²) in [5.41, 5.74) is 2.51. The highest BCUT2D eigenvalue weighted by atomic mass is 32.1. The van der Waals surface area contributed by atoms with Crippen LogP contribution in [-0.2, 0) is 4.79 Å². The van der Waals surface area contributed by atoms with Crippen LogP contribution < -0.4 is 14.8 Å². The van der Waals surface area contributed by atoms with E-state index in [0.717, 1.165) is 34.7 Å². The van der Waals surface area contributed by atoms with Crippen LogP contribution in [0.25, 0.3) is 17.3 Å². The first-order valence-electron chi connectivity index (χ1n) is 9.01. The molecule has 1 amide bonds. The number of ether oxygens (including phenoxy) is 2. The number of anilines is 1. The van der Waals surface area contributed by atoms with Crippen LogP contribution in [0.1, 0.15) is 18.9 Å². The Morgan fingerprint density at radius 3 is 2.68 bits per heavy atom. The summed E-state index contributed by atoms with van der Waals surface area (Å²) >= 11 is 1.37. The SMILES string of the molecule is CCCOc1ccccc1/C=C/C(=O)Nc1nc(-c2ccccc2OC)cs1. The van der Waals surface area contributed by atoms with E-state index in [2.05, 4.69) is 17.2 Å². The predicted molar refractivity (Wildman–Crippen MR) is 114 cm³/mol. The Morgan fingerprint density at radius 1 is 1.14 bits per heavy atom.